The second kappa shape index (κ2) is 8.57. The summed E-state index contributed by atoms with van der Waals surface area (Å²) in [4.78, 5) is 31.3. The first-order valence-electron chi connectivity index (χ1n) is 10.4. The lowest BCUT2D eigenvalue weighted by molar-refractivity contribution is -0.188. The number of nitrogens with one attached hydrogen (secondary N) is 1. The number of likely N-dealkylation sites (tertiary alicyclic amines) is 1. The Kier molecular flexibility index (Phi) is 5.92. The van der Waals surface area contributed by atoms with Gasteiger partial charge in [0.05, 0.1) is 13.2 Å². The van der Waals surface area contributed by atoms with Gasteiger partial charge in [-0.3, -0.25) is 14.6 Å². The van der Waals surface area contributed by atoms with Gasteiger partial charge in [-0.1, -0.05) is 0 Å². The largest absolute Gasteiger partial charge is 0.352 e. The molecule has 3 aliphatic rings. The molecule has 7 nitrogen and oxygen atoms in total. The van der Waals surface area contributed by atoms with Crippen molar-refractivity contribution >= 4 is 11.8 Å². The van der Waals surface area contributed by atoms with E-state index in [1.165, 1.54) is 0 Å². The zero-order valence-corrected chi connectivity index (χ0v) is 16.3. The number of hydrogen-bond acceptors (Lipinski definition) is 5. The minimum absolute atomic E-state index is 0.0100. The Hall–Kier alpha value is -1.99. The van der Waals surface area contributed by atoms with Gasteiger partial charge in [-0.25, -0.2) is 0 Å². The highest BCUT2D eigenvalue weighted by Crippen LogP contribution is 2.34. The molecule has 2 aliphatic heterocycles. The molecule has 7 heteroatoms. The lowest BCUT2D eigenvalue weighted by atomic mass is 9.80. The molecule has 1 spiro atoms. The average Bonchev–Trinajstić information content (AvgIpc) is 3.21. The molecule has 0 radical (unpaired) electrons. The highest BCUT2D eigenvalue weighted by molar-refractivity contribution is 5.81. The summed E-state index contributed by atoms with van der Waals surface area (Å²) in [6, 6.07) is 3.81. The fourth-order valence-corrected chi connectivity index (χ4v) is 4.55. The van der Waals surface area contributed by atoms with Crippen LogP contribution in [0.4, 0.5) is 0 Å². The molecule has 1 saturated carbocycles. The molecule has 3 heterocycles. The predicted octanol–water partition coefficient (Wildman–Crippen LogP) is 1.87. The molecule has 1 aromatic rings. The minimum Gasteiger partial charge on any atom is -0.352 e. The smallest absolute Gasteiger partial charge is 0.225 e. The van der Waals surface area contributed by atoms with Crippen LogP contribution in [0.25, 0.3) is 0 Å². The lowest BCUT2D eigenvalue weighted by Crippen LogP contribution is -2.49. The SMILES string of the molecule is O=C(NCc1ccncc1)C1CCC(C(=O)N2CCC3(CC2)OCCO3)CC1. The van der Waals surface area contributed by atoms with Gasteiger partial charge in [0.25, 0.3) is 0 Å². The standard InChI is InChI=1S/C21H29N3O4/c25-19(23-15-16-5-9-22-10-6-16)17-1-3-18(4-2-17)20(26)24-11-7-21(8-12-24)27-13-14-28-21/h5-6,9-10,17-18H,1-4,7-8,11-15H2,(H,23,25). The van der Waals surface area contributed by atoms with Crippen molar-refractivity contribution in [3.63, 3.8) is 0 Å². The highest BCUT2D eigenvalue weighted by atomic mass is 16.7. The number of nitrogens with zero attached hydrogens (tertiary/aromatic N) is 2. The van der Waals surface area contributed by atoms with Crippen LogP contribution in [0.3, 0.4) is 0 Å². The number of hydrogen-bond donors (Lipinski definition) is 1. The van der Waals surface area contributed by atoms with Crippen LogP contribution in [0.2, 0.25) is 0 Å². The van der Waals surface area contributed by atoms with Crippen LogP contribution in [-0.4, -0.2) is 53.8 Å². The maximum Gasteiger partial charge on any atom is 0.225 e. The van der Waals surface area contributed by atoms with Crippen molar-refractivity contribution < 1.29 is 19.1 Å². The van der Waals surface area contributed by atoms with Gasteiger partial charge in [0.2, 0.25) is 11.8 Å². The monoisotopic (exact) mass is 387 g/mol. The van der Waals surface area contributed by atoms with Crippen LogP contribution in [0.15, 0.2) is 24.5 Å². The fourth-order valence-electron chi connectivity index (χ4n) is 4.55. The first-order valence-corrected chi connectivity index (χ1v) is 10.4. The molecule has 1 N–H and O–H groups in total. The molecular weight excluding hydrogens is 358 g/mol. The highest BCUT2D eigenvalue weighted by Gasteiger charge is 2.42. The van der Waals surface area contributed by atoms with Gasteiger partial charge >= 0.3 is 0 Å². The van der Waals surface area contributed by atoms with E-state index < -0.39 is 5.79 Å². The third kappa shape index (κ3) is 4.36. The molecular formula is C21H29N3O4. The second-order valence-corrected chi connectivity index (χ2v) is 8.05. The molecule has 0 bridgehead atoms. The van der Waals surface area contributed by atoms with Crippen molar-refractivity contribution in [2.24, 2.45) is 11.8 Å². The quantitative estimate of drug-likeness (QED) is 0.853. The van der Waals surface area contributed by atoms with E-state index in [0.29, 0.717) is 32.8 Å². The summed E-state index contributed by atoms with van der Waals surface area (Å²) in [6.07, 6.45) is 8.11. The van der Waals surface area contributed by atoms with Gasteiger partial charge in [-0.05, 0) is 43.4 Å². The summed E-state index contributed by atoms with van der Waals surface area (Å²) in [5.74, 6) is -0.0531. The third-order valence-corrected chi connectivity index (χ3v) is 6.31. The molecule has 28 heavy (non-hydrogen) atoms. The van der Waals surface area contributed by atoms with E-state index >= 15 is 0 Å². The van der Waals surface area contributed by atoms with Crippen molar-refractivity contribution in [3.05, 3.63) is 30.1 Å². The summed E-state index contributed by atoms with van der Waals surface area (Å²) in [5.41, 5.74) is 1.05. The number of carbonyl (C=O) groups is 2. The van der Waals surface area contributed by atoms with Crippen LogP contribution in [0.1, 0.15) is 44.1 Å². The van der Waals surface area contributed by atoms with Gasteiger partial charge < -0.3 is 19.7 Å². The fraction of sp³-hybridized carbons (Fsp3) is 0.667. The summed E-state index contributed by atoms with van der Waals surface area (Å²) < 4.78 is 11.5. The summed E-state index contributed by atoms with van der Waals surface area (Å²) in [7, 11) is 0. The third-order valence-electron chi connectivity index (χ3n) is 6.31. The molecule has 152 valence electrons. The molecule has 0 unspecified atom stereocenters. The van der Waals surface area contributed by atoms with E-state index in [9.17, 15) is 9.59 Å². The Bertz CT molecular complexity index is 672. The van der Waals surface area contributed by atoms with Crippen molar-refractivity contribution in [1.29, 1.82) is 0 Å². The van der Waals surface area contributed by atoms with Crippen molar-refractivity contribution in [3.8, 4) is 0 Å². The Labute approximate surface area is 165 Å². The lowest BCUT2D eigenvalue weighted by Gasteiger charge is -2.39. The van der Waals surface area contributed by atoms with Gasteiger partial charge in [-0.15, -0.1) is 0 Å². The van der Waals surface area contributed by atoms with Crippen LogP contribution >= 0.6 is 0 Å². The number of ether oxygens (including phenoxy) is 2. The van der Waals surface area contributed by atoms with Crippen LogP contribution < -0.4 is 5.32 Å². The molecule has 2 saturated heterocycles. The number of piperidine rings is 1. The number of pyridine rings is 1. The van der Waals surface area contributed by atoms with E-state index in [-0.39, 0.29) is 23.7 Å². The summed E-state index contributed by atoms with van der Waals surface area (Å²) in [5, 5.41) is 3.01. The average molecular weight is 387 g/mol. The van der Waals surface area contributed by atoms with Crippen molar-refractivity contribution in [2.75, 3.05) is 26.3 Å². The first kappa shape index (κ1) is 19.3. The summed E-state index contributed by atoms with van der Waals surface area (Å²) in [6.45, 7) is 3.23. The molecule has 0 aromatic carbocycles. The Morgan fingerprint density at radius 2 is 1.64 bits per heavy atom. The molecule has 1 aromatic heterocycles. The van der Waals surface area contributed by atoms with E-state index in [2.05, 4.69) is 10.3 Å². The van der Waals surface area contributed by atoms with Gasteiger partial charge in [0.15, 0.2) is 5.79 Å². The van der Waals surface area contributed by atoms with Gasteiger partial charge in [0, 0.05) is 56.7 Å². The second-order valence-electron chi connectivity index (χ2n) is 8.05. The van der Waals surface area contributed by atoms with Crippen LogP contribution in [-0.2, 0) is 25.6 Å². The zero-order chi connectivity index (χ0) is 19.4. The number of amides is 2. The number of rotatable bonds is 4. The normalized spacial score (nSPS) is 26.9. The minimum atomic E-state index is -0.443. The number of carbonyl (C=O) groups excluding carboxylic acids is 2. The van der Waals surface area contributed by atoms with Crippen LogP contribution in [0.5, 0.6) is 0 Å². The van der Waals surface area contributed by atoms with E-state index in [1.807, 2.05) is 17.0 Å². The van der Waals surface area contributed by atoms with Crippen molar-refractivity contribution in [1.82, 2.24) is 15.2 Å². The topological polar surface area (TPSA) is 80.8 Å². The zero-order valence-electron chi connectivity index (χ0n) is 16.3. The summed E-state index contributed by atoms with van der Waals surface area (Å²) >= 11 is 0. The Balaban J connectivity index is 1.20. The number of aromatic nitrogens is 1. The van der Waals surface area contributed by atoms with Crippen LogP contribution in [0, 0.1) is 11.8 Å². The van der Waals surface area contributed by atoms with Gasteiger partial charge in [-0.2, -0.15) is 0 Å². The maximum absolute atomic E-state index is 12.9. The van der Waals surface area contributed by atoms with E-state index in [0.717, 1.165) is 44.1 Å². The maximum atomic E-state index is 12.9. The van der Waals surface area contributed by atoms with E-state index in [1.54, 1.807) is 12.4 Å². The first-order chi connectivity index (χ1) is 13.7. The Morgan fingerprint density at radius 1 is 1.04 bits per heavy atom. The van der Waals surface area contributed by atoms with Crippen molar-refractivity contribution in [2.45, 2.75) is 50.9 Å². The predicted molar refractivity (Wildman–Crippen MR) is 102 cm³/mol. The molecule has 4 rings (SSSR count). The molecule has 2 amide bonds. The molecule has 3 fully saturated rings. The molecule has 1 aliphatic carbocycles. The van der Waals surface area contributed by atoms with Gasteiger partial charge in [0.1, 0.15) is 0 Å². The van der Waals surface area contributed by atoms with E-state index in [4.69, 9.17) is 9.47 Å². The molecule has 0 atom stereocenters. The Morgan fingerprint density at radius 3 is 2.29 bits per heavy atom.